The van der Waals surface area contributed by atoms with E-state index in [4.69, 9.17) is 0 Å². The van der Waals surface area contributed by atoms with Gasteiger partial charge in [-0.15, -0.1) is 0 Å². The first-order chi connectivity index (χ1) is 9.94. The first-order valence-corrected chi connectivity index (χ1v) is 9.06. The number of H-pyrrole nitrogens is 1. The van der Waals surface area contributed by atoms with Gasteiger partial charge in [0.15, 0.2) is 5.03 Å². The summed E-state index contributed by atoms with van der Waals surface area (Å²) in [7, 11) is -3.65. The molecule has 1 aromatic rings. The maximum absolute atomic E-state index is 12.2. The van der Waals surface area contributed by atoms with Crippen molar-refractivity contribution in [3.63, 3.8) is 0 Å². The van der Waals surface area contributed by atoms with Gasteiger partial charge in [0.25, 0.3) is 10.0 Å². The van der Waals surface area contributed by atoms with E-state index in [0.717, 1.165) is 12.3 Å². The molecule has 0 spiro atoms. The minimum Gasteiger partial charge on any atom is -0.392 e. The molecule has 1 fully saturated rings. The molecule has 0 atom stereocenters. The van der Waals surface area contributed by atoms with Gasteiger partial charge >= 0.3 is 0 Å². The van der Waals surface area contributed by atoms with Crippen LogP contribution in [0, 0.1) is 18.8 Å². The Labute approximate surface area is 126 Å². The maximum atomic E-state index is 12.2. The number of rotatable bonds is 6. The topological polar surface area (TPSA) is 95.1 Å². The molecule has 0 saturated heterocycles. The molecule has 0 aliphatic heterocycles. The zero-order valence-corrected chi connectivity index (χ0v) is 13.5. The lowest BCUT2D eigenvalue weighted by Crippen LogP contribution is -2.28. The molecule has 0 amide bonds. The third-order valence-electron chi connectivity index (χ3n) is 4.43. The zero-order chi connectivity index (χ0) is 15.5. The average molecular weight is 315 g/mol. The highest BCUT2D eigenvalue weighted by Gasteiger charge is 2.24. The van der Waals surface area contributed by atoms with Crippen LogP contribution in [0.25, 0.3) is 0 Å². The summed E-state index contributed by atoms with van der Waals surface area (Å²) in [5.74, 6) is 1.42. The molecule has 2 rings (SSSR count). The van der Waals surface area contributed by atoms with Crippen LogP contribution in [0.5, 0.6) is 0 Å². The van der Waals surface area contributed by atoms with Crippen molar-refractivity contribution in [3.8, 4) is 0 Å². The number of nitrogens with one attached hydrogen (secondary N) is 2. The van der Waals surface area contributed by atoms with E-state index in [0.29, 0.717) is 23.7 Å². The monoisotopic (exact) mass is 315 g/mol. The highest BCUT2D eigenvalue weighted by molar-refractivity contribution is 7.89. The Morgan fingerprint density at radius 1 is 1.33 bits per heavy atom. The number of aromatic nitrogens is 2. The number of hydrogen-bond acceptors (Lipinski definition) is 4. The number of aliphatic hydroxyl groups is 1. The van der Waals surface area contributed by atoms with Crippen LogP contribution in [0.2, 0.25) is 0 Å². The fraction of sp³-hybridized carbons (Fsp3) is 0.786. The first kappa shape index (κ1) is 16.5. The quantitative estimate of drug-likeness (QED) is 0.744. The van der Waals surface area contributed by atoms with Crippen molar-refractivity contribution >= 4 is 10.0 Å². The summed E-state index contributed by atoms with van der Waals surface area (Å²) >= 11 is 0. The molecule has 21 heavy (non-hydrogen) atoms. The molecule has 0 unspecified atom stereocenters. The predicted molar refractivity (Wildman–Crippen MR) is 80.2 cm³/mol. The lowest BCUT2D eigenvalue weighted by Gasteiger charge is -2.26. The average Bonchev–Trinajstić information content (AvgIpc) is 2.82. The van der Waals surface area contributed by atoms with Crippen molar-refractivity contribution in [2.45, 2.75) is 57.6 Å². The summed E-state index contributed by atoms with van der Waals surface area (Å²) in [6, 6.07) is 0. The molecule has 1 aliphatic rings. The molecule has 0 aromatic carbocycles. The number of aryl methyl sites for hydroxylation is 1. The molecule has 1 aliphatic carbocycles. The molecule has 120 valence electrons. The van der Waals surface area contributed by atoms with Crippen LogP contribution < -0.4 is 4.72 Å². The summed E-state index contributed by atoms with van der Waals surface area (Å²) in [5.41, 5.74) is 0.924. The SMILES string of the molecule is Cc1[nH]nc(S(=O)(=O)NCCC2CCC(C)CC2)c1CO. The molecule has 3 N–H and O–H groups in total. The van der Waals surface area contributed by atoms with Gasteiger partial charge in [-0.25, -0.2) is 13.1 Å². The van der Waals surface area contributed by atoms with Gasteiger partial charge in [-0.3, -0.25) is 5.10 Å². The van der Waals surface area contributed by atoms with Crippen LogP contribution in [-0.2, 0) is 16.6 Å². The third-order valence-corrected chi connectivity index (χ3v) is 5.86. The number of hydrogen-bond donors (Lipinski definition) is 3. The van der Waals surface area contributed by atoms with E-state index in [1.807, 2.05) is 0 Å². The van der Waals surface area contributed by atoms with E-state index in [2.05, 4.69) is 21.8 Å². The van der Waals surface area contributed by atoms with Crippen molar-refractivity contribution in [2.24, 2.45) is 11.8 Å². The molecular weight excluding hydrogens is 290 g/mol. The second-order valence-electron chi connectivity index (χ2n) is 6.10. The third kappa shape index (κ3) is 4.05. The van der Waals surface area contributed by atoms with Crippen LogP contribution in [0.1, 0.15) is 50.3 Å². The molecule has 6 nitrogen and oxygen atoms in total. The number of sulfonamides is 1. The normalized spacial score (nSPS) is 23.4. The van der Waals surface area contributed by atoms with Crippen LogP contribution in [0.4, 0.5) is 0 Å². The Hall–Kier alpha value is -0.920. The van der Waals surface area contributed by atoms with Gasteiger partial charge in [0.1, 0.15) is 0 Å². The number of aliphatic hydroxyl groups excluding tert-OH is 1. The van der Waals surface area contributed by atoms with Gasteiger partial charge in [-0.1, -0.05) is 32.6 Å². The van der Waals surface area contributed by atoms with Crippen LogP contribution in [-0.4, -0.2) is 30.3 Å². The van der Waals surface area contributed by atoms with Crippen molar-refractivity contribution in [1.82, 2.24) is 14.9 Å². The van der Waals surface area contributed by atoms with Gasteiger partial charge in [-0.05, 0) is 25.2 Å². The summed E-state index contributed by atoms with van der Waals surface area (Å²) in [4.78, 5) is 0. The van der Waals surface area contributed by atoms with Crippen molar-refractivity contribution < 1.29 is 13.5 Å². The minimum atomic E-state index is -3.65. The van der Waals surface area contributed by atoms with Crippen molar-refractivity contribution in [1.29, 1.82) is 0 Å². The van der Waals surface area contributed by atoms with Crippen LogP contribution in [0.3, 0.4) is 0 Å². The Kier molecular flexibility index (Phi) is 5.40. The first-order valence-electron chi connectivity index (χ1n) is 7.58. The zero-order valence-electron chi connectivity index (χ0n) is 12.7. The Morgan fingerprint density at radius 3 is 2.62 bits per heavy atom. The fourth-order valence-electron chi connectivity index (χ4n) is 2.92. The van der Waals surface area contributed by atoms with Crippen molar-refractivity contribution in [3.05, 3.63) is 11.3 Å². The largest absolute Gasteiger partial charge is 0.392 e. The van der Waals surface area contributed by atoms with E-state index >= 15 is 0 Å². The second-order valence-corrected chi connectivity index (χ2v) is 7.79. The molecule has 1 heterocycles. The van der Waals surface area contributed by atoms with Gasteiger partial charge < -0.3 is 5.11 Å². The maximum Gasteiger partial charge on any atom is 0.260 e. The van der Waals surface area contributed by atoms with E-state index < -0.39 is 10.0 Å². The van der Waals surface area contributed by atoms with Gasteiger partial charge in [0.05, 0.1) is 6.61 Å². The highest BCUT2D eigenvalue weighted by atomic mass is 32.2. The smallest absolute Gasteiger partial charge is 0.260 e. The second kappa shape index (κ2) is 6.89. The molecule has 0 bridgehead atoms. The van der Waals surface area contributed by atoms with Crippen molar-refractivity contribution in [2.75, 3.05) is 6.54 Å². The summed E-state index contributed by atoms with van der Waals surface area (Å²) in [6.07, 6.45) is 5.72. The summed E-state index contributed by atoms with van der Waals surface area (Å²) in [6.45, 7) is 4.06. The minimum absolute atomic E-state index is 0.0835. The van der Waals surface area contributed by atoms with Gasteiger partial charge in [0, 0.05) is 17.8 Å². The standard InChI is InChI=1S/C14H25N3O3S/c1-10-3-5-12(6-4-10)7-8-15-21(19,20)14-13(9-18)11(2)16-17-14/h10,12,15,18H,3-9H2,1-2H3,(H,16,17). The van der Waals surface area contributed by atoms with Crippen LogP contribution >= 0.6 is 0 Å². The fourth-order valence-corrected chi connectivity index (χ4v) is 4.15. The summed E-state index contributed by atoms with van der Waals surface area (Å²) in [5, 5.41) is 15.6. The van der Waals surface area contributed by atoms with E-state index in [1.54, 1.807) is 6.92 Å². The molecular formula is C14H25N3O3S. The van der Waals surface area contributed by atoms with E-state index in [9.17, 15) is 13.5 Å². The number of aromatic amines is 1. The lowest BCUT2D eigenvalue weighted by atomic mass is 9.81. The highest BCUT2D eigenvalue weighted by Crippen LogP contribution is 2.30. The predicted octanol–water partition coefficient (Wildman–Crippen LogP) is 1.71. The van der Waals surface area contributed by atoms with Crippen LogP contribution in [0.15, 0.2) is 5.03 Å². The Morgan fingerprint density at radius 2 is 2.00 bits per heavy atom. The molecule has 7 heteroatoms. The van der Waals surface area contributed by atoms with Gasteiger partial charge in [0.2, 0.25) is 0 Å². The molecule has 1 saturated carbocycles. The summed E-state index contributed by atoms with van der Waals surface area (Å²) < 4.78 is 27.0. The van der Waals surface area contributed by atoms with E-state index in [-0.39, 0.29) is 11.6 Å². The van der Waals surface area contributed by atoms with E-state index in [1.165, 1.54) is 25.7 Å². The Balaban J connectivity index is 1.89. The number of nitrogens with zero attached hydrogens (tertiary/aromatic N) is 1. The Bertz CT molecular complexity index is 560. The molecule has 1 aromatic heterocycles. The lowest BCUT2D eigenvalue weighted by molar-refractivity contribution is 0.276. The molecule has 0 radical (unpaired) electrons. The van der Waals surface area contributed by atoms with Gasteiger partial charge in [-0.2, -0.15) is 5.10 Å².